The lowest BCUT2D eigenvalue weighted by molar-refractivity contribution is -0.139. The first kappa shape index (κ1) is 16.5. The van der Waals surface area contributed by atoms with Gasteiger partial charge in [-0.1, -0.05) is 42.5 Å². The molecule has 0 saturated carbocycles. The van der Waals surface area contributed by atoms with Crippen LogP contribution in [-0.4, -0.2) is 31.2 Å². The number of ether oxygens (including phenoxy) is 2. The van der Waals surface area contributed by atoms with Gasteiger partial charge in [-0.15, -0.1) is 0 Å². The van der Waals surface area contributed by atoms with E-state index < -0.39 is 23.9 Å². The highest BCUT2D eigenvalue weighted by Gasteiger charge is 2.17. The van der Waals surface area contributed by atoms with Crippen LogP contribution < -0.4 is 5.32 Å². The van der Waals surface area contributed by atoms with Gasteiger partial charge in [-0.25, -0.2) is 4.79 Å². The number of benzene rings is 2. The first-order valence-electron chi connectivity index (χ1n) is 6.86. The van der Waals surface area contributed by atoms with Crippen molar-refractivity contribution in [3.05, 3.63) is 59.9 Å². The molecule has 1 amide bonds. The van der Waals surface area contributed by atoms with E-state index in [1.165, 1.54) is 7.11 Å². The summed E-state index contributed by atoms with van der Waals surface area (Å²) >= 11 is 0. The smallest absolute Gasteiger partial charge is 0.373 e. The van der Waals surface area contributed by atoms with Crippen molar-refractivity contribution in [1.29, 1.82) is 0 Å². The standard InChI is InChI=1S/C17H17NO5/c1-22-16(18-15(20)10-14(19)17(21)23-2)13-9-5-7-11-6-3-4-8-12(11)13/h3-10,16,19H,1-2H3,(H,18,20)/b14-10-. The Bertz CT molecular complexity index is 748. The zero-order chi connectivity index (χ0) is 16.8. The predicted molar refractivity (Wildman–Crippen MR) is 84.6 cm³/mol. The van der Waals surface area contributed by atoms with Crippen LogP contribution in [0.2, 0.25) is 0 Å². The molecule has 0 bridgehead atoms. The highest BCUT2D eigenvalue weighted by Crippen LogP contribution is 2.24. The Labute approximate surface area is 133 Å². The normalized spacial score (nSPS) is 12.7. The molecule has 6 nitrogen and oxygen atoms in total. The number of hydrogen-bond acceptors (Lipinski definition) is 5. The minimum absolute atomic E-state index is 0.673. The lowest BCUT2D eigenvalue weighted by Crippen LogP contribution is -2.29. The quantitative estimate of drug-likeness (QED) is 0.382. The van der Waals surface area contributed by atoms with E-state index in [-0.39, 0.29) is 0 Å². The fourth-order valence-corrected chi connectivity index (χ4v) is 2.20. The van der Waals surface area contributed by atoms with Crippen LogP contribution in [0.4, 0.5) is 0 Å². The topological polar surface area (TPSA) is 84.9 Å². The minimum Gasteiger partial charge on any atom is -0.502 e. The number of fused-ring (bicyclic) bond motifs is 1. The van der Waals surface area contributed by atoms with Gasteiger partial charge in [-0.3, -0.25) is 4.79 Å². The molecule has 2 N–H and O–H groups in total. The maximum absolute atomic E-state index is 11.9. The molecule has 0 aromatic heterocycles. The van der Waals surface area contributed by atoms with Gasteiger partial charge in [-0.05, 0) is 10.8 Å². The summed E-state index contributed by atoms with van der Waals surface area (Å²) in [7, 11) is 2.56. The summed E-state index contributed by atoms with van der Waals surface area (Å²) in [6, 6.07) is 13.3. The molecule has 0 aliphatic heterocycles. The van der Waals surface area contributed by atoms with Crippen molar-refractivity contribution in [1.82, 2.24) is 5.32 Å². The number of esters is 1. The van der Waals surface area contributed by atoms with Crippen LogP contribution in [0, 0.1) is 0 Å². The van der Waals surface area contributed by atoms with Crippen LogP contribution in [0.1, 0.15) is 11.8 Å². The number of methoxy groups -OCH3 is 2. The van der Waals surface area contributed by atoms with Crippen molar-refractivity contribution in [3.63, 3.8) is 0 Å². The Morgan fingerprint density at radius 3 is 2.52 bits per heavy atom. The first-order chi connectivity index (χ1) is 11.1. The van der Waals surface area contributed by atoms with Gasteiger partial charge >= 0.3 is 5.97 Å². The Kier molecular flexibility index (Phi) is 5.32. The maximum atomic E-state index is 11.9. The third kappa shape index (κ3) is 3.87. The largest absolute Gasteiger partial charge is 0.502 e. The van der Waals surface area contributed by atoms with Gasteiger partial charge in [-0.2, -0.15) is 0 Å². The second-order valence-electron chi connectivity index (χ2n) is 4.71. The monoisotopic (exact) mass is 315 g/mol. The molecule has 0 heterocycles. The van der Waals surface area contributed by atoms with Crippen LogP contribution >= 0.6 is 0 Å². The Balaban J connectivity index is 2.26. The van der Waals surface area contributed by atoms with Gasteiger partial charge in [0, 0.05) is 12.7 Å². The van der Waals surface area contributed by atoms with E-state index in [4.69, 9.17) is 4.74 Å². The number of rotatable bonds is 5. The molecule has 2 aromatic carbocycles. The van der Waals surface area contributed by atoms with Gasteiger partial charge in [0.15, 0.2) is 6.23 Å². The summed E-state index contributed by atoms with van der Waals surface area (Å²) in [6.45, 7) is 0. The van der Waals surface area contributed by atoms with Crippen molar-refractivity contribution >= 4 is 22.6 Å². The number of amides is 1. The second kappa shape index (κ2) is 7.42. The summed E-state index contributed by atoms with van der Waals surface area (Å²) < 4.78 is 9.64. The van der Waals surface area contributed by atoms with E-state index in [9.17, 15) is 14.7 Å². The molecule has 6 heteroatoms. The Hall–Kier alpha value is -2.86. The predicted octanol–water partition coefficient (Wildman–Crippen LogP) is 2.22. The van der Waals surface area contributed by atoms with Crippen LogP contribution in [0.3, 0.4) is 0 Å². The van der Waals surface area contributed by atoms with Crippen molar-refractivity contribution in [2.24, 2.45) is 0 Å². The minimum atomic E-state index is -0.987. The average molecular weight is 315 g/mol. The average Bonchev–Trinajstić information content (AvgIpc) is 2.58. The Morgan fingerprint density at radius 2 is 1.83 bits per heavy atom. The molecule has 0 aliphatic carbocycles. The molecular formula is C17H17NO5. The molecule has 2 rings (SSSR count). The number of aliphatic hydroxyl groups is 1. The van der Waals surface area contributed by atoms with Crippen LogP contribution in [0.5, 0.6) is 0 Å². The van der Waals surface area contributed by atoms with Crippen molar-refractivity contribution in [2.45, 2.75) is 6.23 Å². The van der Waals surface area contributed by atoms with Crippen LogP contribution in [0.25, 0.3) is 10.8 Å². The number of nitrogens with one attached hydrogen (secondary N) is 1. The molecule has 0 aliphatic rings. The van der Waals surface area contributed by atoms with Gasteiger partial charge in [0.1, 0.15) is 0 Å². The SMILES string of the molecule is COC(=O)/C(O)=C/C(=O)NC(OC)c1cccc2ccccc12. The molecule has 23 heavy (non-hydrogen) atoms. The summed E-state index contributed by atoms with van der Waals surface area (Å²) in [5, 5.41) is 13.9. The van der Waals surface area contributed by atoms with E-state index in [0.717, 1.165) is 29.5 Å². The maximum Gasteiger partial charge on any atom is 0.373 e. The van der Waals surface area contributed by atoms with Gasteiger partial charge in [0.25, 0.3) is 0 Å². The second-order valence-corrected chi connectivity index (χ2v) is 4.71. The van der Waals surface area contributed by atoms with Crippen LogP contribution in [0.15, 0.2) is 54.3 Å². The molecular weight excluding hydrogens is 298 g/mol. The first-order valence-corrected chi connectivity index (χ1v) is 6.86. The van der Waals surface area contributed by atoms with Crippen molar-refractivity contribution in [2.75, 3.05) is 14.2 Å². The van der Waals surface area contributed by atoms with Crippen LogP contribution in [-0.2, 0) is 19.1 Å². The summed E-state index contributed by atoms with van der Waals surface area (Å²) in [5.74, 6) is -2.44. The highest BCUT2D eigenvalue weighted by molar-refractivity contribution is 5.97. The molecule has 1 unspecified atom stereocenters. The molecule has 0 spiro atoms. The van der Waals surface area contributed by atoms with Gasteiger partial charge in [0.05, 0.1) is 13.2 Å². The molecule has 0 fully saturated rings. The molecule has 2 aromatic rings. The molecule has 0 radical (unpaired) electrons. The van der Waals surface area contributed by atoms with Crippen molar-refractivity contribution in [3.8, 4) is 0 Å². The molecule has 120 valence electrons. The van der Waals surface area contributed by atoms with Gasteiger partial charge in [0.2, 0.25) is 11.7 Å². The molecule has 0 saturated heterocycles. The summed E-state index contributed by atoms with van der Waals surface area (Å²) in [6.07, 6.45) is 0.0264. The lowest BCUT2D eigenvalue weighted by Gasteiger charge is -2.18. The number of carbonyl (C=O) groups excluding carboxylic acids is 2. The van der Waals surface area contributed by atoms with Crippen molar-refractivity contribution < 1.29 is 24.2 Å². The number of hydrogen-bond donors (Lipinski definition) is 2. The molecule has 1 atom stereocenters. The Morgan fingerprint density at radius 1 is 1.13 bits per heavy atom. The fourth-order valence-electron chi connectivity index (χ4n) is 2.20. The zero-order valence-electron chi connectivity index (χ0n) is 12.8. The van der Waals surface area contributed by atoms with E-state index in [2.05, 4.69) is 10.1 Å². The fraction of sp³-hybridized carbons (Fsp3) is 0.176. The highest BCUT2D eigenvalue weighted by atomic mass is 16.5. The van der Waals surface area contributed by atoms with E-state index >= 15 is 0 Å². The van der Waals surface area contributed by atoms with E-state index in [1.54, 1.807) is 0 Å². The third-order valence-corrected chi connectivity index (χ3v) is 3.28. The summed E-state index contributed by atoms with van der Waals surface area (Å²) in [5.41, 5.74) is 0.768. The zero-order valence-corrected chi connectivity index (χ0v) is 12.8. The summed E-state index contributed by atoms with van der Waals surface area (Å²) in [4.78, 5) is 23.0. The van der Waals surface area contributed by atoms with Gasteiger partial charge < -0.3 is 19.9 Å². The van der Waals surface area contributed by atoms with E-state index in [1.807, 2.05) is 42.5 Å². The third-order valence-electron chi connectivity index (χ3n) is 3.28. The van der Waals surface area contributed by atoms with E-state index in [0.29, 0.717) is 0 Å². The lowest BCUT2D eigenvalue weighted by atomic mass is 10.0. The number of aliphatic hydroxyl groups excluding tert-OH is 1. The number of carbonyl (C=O) groups is 2.